The Morgan fingerprint density at radius 2 is 1.52 bits per heavy atom. The molecule has 7 nitrogen and oxygen atoms in total. The molecule has 1 fully saturated rings. The van der Waals surface area contributed by atoms with Crippen molar-refractivity contribution in [3.8, 4) is 0 Å². The van der Waals surface area contributed by atoms with E-state index in [1.165, 1.54) is 31.3 Å². The van der Waals surface area contributed by atoms with Gasteiger partial charge in [-0.15, -0.1) is 0 Å². The normalized spacial score (nSPS) is 22.9. The van der Waals surface area contributed by atoms with Crippen molar-refractivity contribution in [1.82, 2.24) is 9.44 Å². The Balaban J connectivity index is 2.19. The second kappa shape index (κ2) is 7.27. The lowest BCUT2D eigenvalue weighted by Gasteiger charge is -2.31. The van der Waals surface area contributed by atoms with Gasteiger partial charge in [0.15, 0.2) is 0 Å². The fourth-order valence-corrected chi connectivity index (χ4v) is 4.90. The molecular weight excluding hydrogens is 338 g/mol. The van der Waals surface area contributed by atoms with Gasteiger partial charge < -0.3 is 5.73 Å². The molecule has 0 heterocycles. The van der Waals surface area contributed by atoms with Crippen LogP contribution in [-0.4, -0.2) is 36.5 Å². The summed E-state index contributed by atoms with van der Waals surface area (Å²) in [6, 6.07) is 4.99. The van der Waals surface area contributed by atoms with Crippen LogP contribution in [0.5, 0.6) is 0 Å². The van der Waals surface area contributed by atoms with Gasteiger partial charge in [0.1, 0.15) is 0 Å². The molecular formula is C14H23N3O4S2. The molecule has 0 saturated heterocycles. The number of benzene rings is 1. The van der Waals surface area contributed by atoms with Crippen LogP contribution in [-0.2, 0) is 20.0 Å². The van der Waals surface area contributed by atoms with Crippen LogP contribution < -0.4 is 15.2 Å². The van der Waals surface area contributed by atoms with Gasteiger partial charge in [0.25, 0.3) is 0 Å². The van der Waals surface area contributed by atoms with Gasteiger partial charge in [0, 0.05) is 6.04 Å². The summed E-state index contributed by atoms with van der Waals surface area (Å²) in [5.41, 5.74) is 5.73. The first-order valence-corrected chi connectivity index (χ1v) is 10.5. The molecule has 1 aromatic rings. The lowest BCUT2D eigenvalue weighted by Crippen LogP contribution is -2.44. The van der Waals surface area contributed by atoms with E-state index in [-0.39, 0.29) is 21.8 Å². The smallest absolute Gasteiger partial charge is 0.240 e. The van der Waals surface area contributed by atoms with Crippen LogP contribution in [0.3, 0.4) is 0 Å². The fraction of sp³-hybridized carbons (Fsp3) is 0.571. The van der Waals surface area contributed by atoms with E-state index in [0.29, 0.717) is 6.54 Å². The zero-order valence-electron chi connectivity index (χ0n) is 13.0. The third-order valence-electron chi connectivity index (χ3n) is 4.23. The highest BCUT2D eigenvalue weighted by atomic mass is 32.2. The van der Waals surface area contributed by atoms with Crippen molar-refractivity contribution in [3.05, 3.63) is 24.3 Å². The Morgan fingerprint density at radius 1 is 1.00 bits per heavy atom. The van der Waals surface area contributed by atoms with Crippen LogP contribution in [0, 0.1) is 5.92 Å². The Kier molecular flexibility index (Phi) is 5.79. The summed E-state index contributed by atoms with van der Waals surface area (Å²) < 4.78 is 53.2. The molecule has 2 atom stereocenters. The number of sulfonamides is 2. The molecule has 0 aromatic heterocycles. The van der Waals surface area contributed by atoms with Gasteiger partial charge in [-0.05, 0) is 56.6 Å². The van der Waals surface area contributed by atoms with Crippen LogP contribution in [0.25, 0.3) is 0 Å². The van der Waals surface area contributed by atoms with Gasteiger partial charge in [0.05, 0.1) is 9.79 Å². The van der Waals surface area contributed by atoms with E-state index < -0.39 is 20.0 Å². The van der Waals surface area contributed by atoms with Gasteiger partial charge >= 0.3 is 0 Å². The Labute approximate surface area is 137 Å². The molecule has 130 valence electrons. The second-order valence-corrected chi connectivity index (χ2v) is 9.29. The van der Waals surface area contributed by atoms with Crippen molar-refractivity contribution in [2.45, 2.75) is 41.5 Å². The summed E-state index contributed by atoms with van der Waals surface area (Å²) in [6.07, 6.45) is 3.73. The fourth-order valence-electron chi connectivity index (χ4n) is 2.83. The molecule has 0 aliphatic heterocycles. The third-order valence-corrected chi connectivity index (χ3v) is 7.17. The maximum Gasteiger partial charge on any atom is 0.240 e. The average molecular weight is 361 g/mol. The molecule has 0 radical (unpaired) electrons. The molecule has 0 amide bonds. The Morgan fingerprint density at radius 3 is 2.04 bits per heavy atom. The summed E-state index contributed by atoms with van der Waals surface area (Å²) in [7, 11) is -5.97. The van der Waals surface area contributed by atoms with E-state index in [1.807, 2.05) is 0 Å². The summed E-state index contributed by atoms with van der Waals surface area (Å²) in [4.78, 5) is 0.0744. The maximum absolute atomic E-state index is 12.5. The van der Waals surface area contributed by atoms with E-state index >= 15 is 0 Å². The lowest BCUT2D eigenvalue weighted by atomic mass is 9.85. The first kappa shape index (κ1) is 18.3. The van der Waals surface area contributed by atoms with Crippen molar-refractivity contribution in [2.24, 2.45) is 11.7 Å². The van der Waals surface area contributed by atoms with Crippen LogP contribution in [0.2, 0.25) is 0 Å². The molecule has 1 saturated carbocycles. The van der Waals surface area contributed by atoms with Crippen molar-refractivity contribution in [3.63, 3.8) is 0 Å². The molecule has 0 bridgehead atoms. The predicted molar refractivity (Wildman–Crippen MR) is 87.8 cm³/mol. The molecule has 1 aliphatic carbocycles. The van der Waals surface area contributed by atoms with Gasteiger partial charge in [-0.1, -0.05) is 12.8 Å². The minimum Gasteiger partial charge on any atom is -0.330 e. The number of hydrogen-bond acceptors (Lipinski definition) is 5. The van der Waals surface area contributed by atoms with E-state index in [1.54, 1.807) is 0 Å². The average Bonchev–Trinajstić information content (AvgIpc) is 2.55. The summed E-state index contributed by atoms with van der Waals surface area (Å²) in [6.45, 7) is 0.451. The van der Waals surface area contributed by atoms with Crippen LogP contribution in [0.1, 0.15) is 25.7 Å². The topological polar surface area (TPSA) is 118 Å². The van der Waals surface area contributed by atoms with E-state index in [2.05, 4.69) is 9.44 Å². The number of nitrogens with one attached hydrogen (secondary N) is 2. The molecule has 2 unspecified atom stereocenters. The maximum atomic E-state index is 12.5. The van der Waals surface area contributed by atoms with Crippen LogP contribution in [0.4, 0.5) is 0 Å². The third kappa shape index (κ3) is 4.30. The Hall–Kier alpha value is -1.00. The quantitative estimate of drug-likeness (QED) is 0.677. The summed E-state index contributed by atoms with van der Waals surface area (Å²) >= 11 is 0. The minimum atomic E-state index is -3.69. The first-order valence-electron chi connectivity index (χ1n) is 7.56. The van der Waals surface area contributed by atoms with Gasteiger partial charge in [-0.25, -0.2) is 26.3 Å². The van der Waals surface area contributed by atoms with Crippen molar-refractivity contribution in [1.29, 1.82) is 0 Å². The molecule has 0 spiro atoms. The molecule has 4 N–H and O–H groups in total. The van der Waals surface area contributed by atoms with Gasteiger partial charge in [0.2, 0.25) is 20.0 Å². The van der Waals surface area contributed by atoms with E-state index in [9.17, 15) is 16.8 Å². The zero-order chi connectivity index (χ0) is 17.1. The largest absolute Gasteiger partial charge is 0.330 e. The van der Waals surface area contributed by atoms with Crippen LogP contribution >= 0.6 is 0 Å². The van der Waals surface area contributed by atoms with Crippen LogP contribution in [0.15, 0.2) is 34.1 Å². The van der Waals surface area contributed by atoms with Gasteiger partial charge in [-0.3, -0.25) is 0 Å². The predicted octanol–water partition coefficient (Wildman–Crippen LogP) is 0.391. The van der Waals surface area contributed by atoms with Crippen molar-refractivity contribution < 1.29 is 16.8 Å². The SMILES string of the molecule is CNS(=O)(=O)c1ccc(S(=O)(=O)NC2CCCCC2CN)cc1. The number of hydrogen-bond donors (Lipinski definition) is 3. The highest BCUT2D eigenvalue weighted by Gasteiger charge is 2.28. The molecule has 1 aromatic carbocycles. The highest BCUT2D eigenvalue weighted by Crippen LogP contribution is 2.25. The number of rotatable bonds is 6. The zero-order valence-corrected chi connectivity index (χ0v) is 14.7. The van der Waals surface area contributed by atoms with E-state index in [0.717, 1.165) is 25.7 Å². The minimum absolute atomic E-state index is 0.0245. The number of nitrogens with two attached hydrogens (primary N) is 1. The highest BCUT2D eigenvalue weighted by molar-refractivity contribution is 7.90. The Bertz CT molecular complexity index is 730. The lowest BCUT2D eigenvalue weighted by molar-refractivity contribution is 0.296. The van der Waals surface area contributed by atoms with Crippen molar-refractivity contribution in [2.75, 3.05) is 13.6 Å². The monoisotopic (exact) mass is 361 g/mol. The van der Waals surface area contributed by atoms with E-state index in [4.69, 9.17) is 5.73 Å². The molecule has 1 aliphatic rings. The second-order valence-electron chi connectivity index (χ2n) is 5.69. The molecule has 23 heavy (non-hydrogen) atoms. The van der Waals surface area contributed by atoms with Gasteiger partial charge in [-0.2, -0.15) is 0 Å². The summed E-state index contributed by atoms with van der Waals surface area (Å²) in [5, 5.41) is 0. The molecule has 2 rings (SSSR count). The summed E-state index contributed by atoms with van der Waals surface area (Å²) in [5.74, 6) is 0.141. The first-order chi connectivity index (χ1) is 10.8. The standard InChI is InChI=1S/C14H23N3O4S2/c1-16-22(18,19)12-6-8-13(9-7-12)23(20,21)17-14-5-3-2-4-11(14)10-15/h6-9,11,14,16-17H,2-5,10,15H2,1H3. The molecule has 9 heteroatoms. The van der Waals surface area contributed by atoms with Crippen molar-refractivity contribution >= 4 is 20.0 Å².